The summed E-state index contributed by atoms with van der Waals surface area (Å²) in [6, 6.07) is 0.119. The van der Waals surface area contributed by atoms with Gasteiger partial charge in [-0.05, 0) is 25.2 Å². The lowest BCUT2D eigenvalue weighted by Crippen LogP contribution is -2.58. The molecule has 2 atom stereocenters. The number of carbonyl (C=O) groups excluding carboxylic acids is 2. The molecule has 0 radical (unpaired) electrons. The standard InChI is InChI=1S/C16H25N5O2S/c1-21-10-17-20-16(21)24-9-14(23)18-12-7-8-13(22)19-15(12)11-5-3-2-4-6-11/h10-12,15H,2-9H2,1H3,(H,18,23)(H,19,22). The summed E-state index contributed by atoms with van der Waals surface area (Å²) in [5, 5.41) is 14.8. The number of hydrogen-bond donors (Lipinski definition) is 2. The van der Waals surface area contributed by atoms with Crippen LogP contribution in [0.1, 0.15) is 44.9 Å². The molecule has 1 aromatic rings. The minimum Gasteiger partial charge on any atom is -0.351 e. The Balaban J connectivity index is 1.55. The SMILES string of the molecule is Cn1cnnc1SCC(=O)NC1CCC(=O)NC1C1CCCCC1. The zero-order chi connectivity index (χ0) is 16.9. The Morgan fingerprint density at radius 2 is 2.17 bits per heavy atom. The van der Waals surface area contributed by atoms with Crippen LogP contribution in [0.3, 0.4) is 0 Å². The zero-order valence-corrected chi connectivity index (χ0v) is 14.8. The lowest BCUT2D eigenvalue weighted by molar-refractivity contribution is -0.127. The van der Waals surface area contributed by atoms with Crippen molar-refractivity contribution < 1.29 is 9.59 Å². The van der Waals surface area contributed by atoms with Crippen molar-refractivity contribution in [3.8, 4) is 0 Å². The molecule has 2 fully saturated rings. The minimum atomic E-state index is -0.00930. The molecule has 2 unspecified atom stereocenters. The third-order valence-corrected chi connectivity index (χ3v) is 5.98. The summed E-state index contributed by atoms with van der Waals surface area (Å²) in [6.07, 6.45) is 8.85. The number of amides is 2. The zero-order valence-electron chi connectivity index (χ0n) is 14.0. The first kappa shape index (κ1) is 17.3. The summed E-state index contributed by atoms with van der Waals surface area (Å²) in [5.41, 5.74) is 0. The highest BCUT2D eigenvalue weighted by atomic mass is 32.2. The molecule has 24 heavy (non-hydrogen) atoms. The molecule has 132 valence electrons. The van der Waals surface area contributed by atoms with E-state index in [0.717, 1.165) is 24.4 Å². The van der Waals surface area contributed by atoms with Crippen LogP contribution < -0.4 is 10.6 Å². The predicted octanol–water partition coefficient (Wildman–Crippen LogP) is 1.25. The normalized spacial score (nSPS) is 25.3. The van der Waals surface area contributed by atoms with E-state index in [-0.39, 0.29) is 23.9 Å². The van der Waals surface area contributed by atoms with Gasteiger partial charge in [0.25, 0.3) is 0 Å². The Labute approximate surface area is 146 Å². The molecule has 1 saturated heterocycles. The molecular formula is C16H25N5O2S. The average Bonchev–Trinajstić information content (AvgIpc) is 3.00. The molecular weight excluding hydrogens is 326 g/mol. The third-order valence-electron chi connectivity index (χ3n) is 4.95. The monoisotopic (exact) mass is 351 g/mol. The first-order valence-corrected chi connectivity index (χ1v) is 9.67. The Hall–Kier alpha value is -1.57. The van der Waals surface area contributed by atoms with Crippen molar-refractivity contribution in [1.82, 2.24) is 25.4 Å². The van der Waals surface area contributed by atoms with Crippen LogP contribution in [-0.2, 0) is 16.6 Å². The number of carbonyl (C=O) groups is 2. The fourth-order valence-corrected chi connectivity index (χ4v) is 4.41. The number of thioether (sulfide) groups is 1. The second kappa shape index (κ2) is 8.00. The van der Waals surface area contributed by atoms with E-state index in [1.807, 2.05) is 7.05 Å². The molecule has 2 N–H and O–H groups in total. The highest BCUT2D eigenvalue weighted by Crippen LogP contribution is 2.30. The Morgan fingerprint density at radius 3 is 2.88 bits per heavy atom. The van der Waals surface area contributed by atoms with Gasteiger partial charge in [-0.25, -0.2) is 0 Å². The minimum absolute atomic E-state index is 0.00930. The van der Waals surface area contributed by atoms with Gasteiger partial charge in [-0.3, -0.25) is 9.59 Å². The van der Waals surface area contributed by atoms with E-state index >= 15 is 0 Å². The lowest BCUT2D eigenvalue weighted by Gasteiger charge is -2.39. The molecule has 1 aromatic heterocycles. The molecule has 2 amide bonds. The van der Waals surface area contributed by atoms with E-state index in [0.29, 0.717) is 18.1 Å². The summed E-state index contributed by atoms with van der Waals surface area (Å²) in [4.78, 5) is 24.1. The van der Waals surface area contributed by atoms with E-state index in [9.17, 15) is 9.59 Å². The quantitative estimate of drug-likeness (QED) is 0.780. The summed E-state index contributed by atoms with van der Waals surface area (Å²) >= 11 is 1.38. The van der Waals surface area contributed by atoms with Crippen molar-refractivity contribution in [1.29, 1.82) is 0 Å². The van der Waals surface area contributed by atoms with Gasteiger partial charge in [-0.2, -0.15) is 0 Å². The molecule has 7 nitrogen and oxygen atoms in total. The smallest absolute Gasteiger partial charge is 0.230 e. The van der Waals surface area contributed by atoms with Gasteiger partial charge in [-0.1, -0.05) is 31.0 Å². The Kier molecular flexibility index (Phi) is 5.76. The van der Waals surface area contributed by atoms with Gasteiger partial charge >= 0.3 is 0 Å². The number of hydrogen-bond acceptors (Lipinski definition) is 5. The van der Waals surface area contributed by atoms with Crippen LogP contribution >= 0.6 is 11.8 Å². The van der Waals surface area contributed by atoms with Gasteiger partial charge in [0, 0.05) is 19.5 Å². The number of piperidine rings is 1. The lowest BCUT2D eigenvalue weighted by atomic mass is 9.78. The van der Waals surface area contributed by atoms with Crippen LogP contribution in [0.25, 0.3) is 0 Å². The maximum absolute atomic E-state index is 12.3. The van der Waals surface area contributed by atoms with Crippen LogP contribution in [0.2, 0.25) is 0 Å². The highest BCUT2D eigenvalue weighted by molar-refractivity contribution is 7.99. The van der Waals surface area contributed by atoms with Gasteiger partial charge in [-0.15, -0.1) is 10.2 Å². The fraction of sp³-hybridized carbons (Fsp3) is 0.750. The summed E-state index contributed by atoms with van der Waals surface area (Å²) in [6.45, 7) is 0. The topological polar surface area (TPSA) is 88.9 Å². The molecule has 0 aromatic carbocycles. The number of rotatable bonds is 5. The van der Waals surface area contributed by atoms with Gasteiger partial charge in [0.1, 0.15) is 6.33 Å². The maximum Gasteiger partial charge on any atom is 0.230 e. The summed E-state index contributed by atoms with van der Waals surface area (Å²) in [7, 11) is 1.86. The van der Waals surface area contributed by atoms with Crippen molar-refractivity contribution in [2.24, 2.45) is 13.0 Å². The van der Waals surface area contributed by atoms with Crippen molar-refractivity contribution in [3.05, 3.63) is 6.33 Å². The van der Waals surface area contributed by atoms with E-state index < -0.39 is 0 Å². The van der Waals surface area contributed by atoms with Crippen LogP contribution in [-0.4, -0.2) is 44.4 Å². The number of aromatic nitrogens is 3. The van der Waals surface area contributed by atoms with E-state index in [1.54, 1.807) is 10.9 Å². The Morgan fingerprint density at radius 1 is 1.38 bits per heavy atom. The van der Waals surface area contributed by atoms with Crippen LogP contribution in [0.15, 0.2) is 11.5 Å². The van der Waals surface area contributed by atoms with E-state index in [2.05, 4.69) is 20.8 Å². The molecule has 0 spiro atoms. The second-order valence-corrected chi connectivity index (χ2v) is 7.66. The molecule has 1 aliphatic carbocycles. The van der Waals surface area contributed by atoms with Crippen molar-refractivity contribution in [2.45, 2.75) is 62.2 Å². The molecule has 2 heterocycles. The van der Waals surface area contributed by atoms with Crippen molar-refractivity contribution >= 4 is 23.6 Å². The van der Waals surface area contributed by atoms with Crippen LogP contribution in [0.4, 0.5) is 0 Å². The molecule has 8 heteroatoms. The third kappa shape index (κ3) is 4.28. The number of aryl methyl sites for hydroxylation is 1. The number of nitrogens with one attached hydrogen (secondary N) is 2. The van der Waals surface area contributed by atoms with Gasteiger partial charge in [0.2, 0.25) is 11.8 Å². The fourth-order valence-electron chi connectivity index (χ4n) is 3.71. The van der Waals surface area contributed by atoms with Crippen LogP contribution in [0, 0.1) is 5.92 Å². The molecule has 2 aliphatic rings. The Bertz CT molecular complexity index is 585. The van der Waals surface area contributed by atoms with E-state index in [4.69, 9.17) is 0 Å². The molecule has 1 saturated carbocycles. The van der Waals surface area contributed by atoms with Crippen molar-refractivity contribution in [3.63, 3.8) is 0 Å². The molecule has 0 bridgehead atoms. The largest absolute Gasteiger partial charge is 0.351 e. The number of nitrogens with zero attached hydrogens (tertiary/aromatic N) is 3. The maximum atomic E-state index is 12.3. The van der Waals surface area contributed by atoms with Crippen molar-refractivity contribution in [2.75, 3.05) is 5.75 Å². The van der Waals surface area contributed by atoms with E-state index in [1.165, 1.54) is 31.0 Å². The first-order chi connectivity index (χ1) is 11.6. The average molecular weight is 351 g/mol. The van der Waals surface area contributed by atoms with Crippen LogP contribution in [0.5, 0.6) is 0 Å². The van der Waals surface area contributed by atoms with Gasteiger partial charge in [0.05, 0.1) is 11.8 Å². The van der Waals surface area contributed by atoms with Gasteiger partial charge in [0.15, 0.2) is 5.16 Å². The molecule has 3 rings (SSSR count). The summed E-state index contributed by atoms with van der Waals surface area (Å²) < 4.78 is 1.80. The second-order valence-electron chi connectivity index (χ2n) is 6.72. The summed E-state index contributed by atoms with van der Waals surface area (Å²) in [5.74, 6) is 0.906. The predicted molar refractivity (Wildman–Crippen MR) is 91.4 cm³/mol. The highest BCUT2D eigenvalue weighted by Gasteiger charge is 2.35. The first-order valence-electron chi connectivity index (χ1n) is 8.69. The molecule has 1 aliphatic heterocycles. The van der Waals surface area contributed by atoms with Gasteiger partial charge < -0.3 is 15.2 Å².